The zero-order valence-electron chi connectivity index (χ0n) is 17.7. The molecule has 0 aromatic heterocycles. The van der Waals surface area contributed by atoms with Gasteiger partial charge in [-0.3, -0.25) is 4.79 Å². The maximum Gasteiger partial charge on any atom is 0.363 e. The molecule has 0 saturated carbocycles. The minimum Gasteiger partial charge on any atom is -0.493 e. The van der Waals surface area contributed by atoms with Gasteiger partial charge in [0, 0.05) is 5.56 Å². The zero-order valence-corrected chi connectivity index (χ0v) is 17.7. The average molecular weight is 435 g/mol. The SMILES string of the molecule is COc1cc(C(=O)ONc2ccc(N=NC(=O)c3ccccc3)cc2)cc(OC)c1OC. The van der Waals surface area contributed by atoms with Crippen LogP contribution in [0.5, 0.6) is 17.2 Å². The fourth-order valence-electron chi connectivity index (χ4n) is 2.70. The van der Waals surface area contributed by atoms with E-state index >= 15 is 0 Å². The summed E-state index contributed by atoms with van der Waals surface area (Å²) in [5, 5.41) is 7.62. The van der Waals surface area contributed by atoms with E-state index in [1.54, 1.807) is 48.5 Å². The summed E-state index contributed by atoms with van der Waals surface area (Å²) >= 11 is 0. The molecule has 3 aromatic rings. The highest BCUT2D eigenvalue weighted by Crippen LogP contribution is 2.38. The Hall–Kier alpha value is -4.40. The molecular weight excluding hydrogens is 414 g/mol. The number of amides is 1. The summed E-state index contributed by atoms with van der Waals surface area (Å²) in [6.07, 6.45) is 0. The number of nitrogens with one attached hydrogen (secondary N) is 1. The van der Waals surface area contributed by atoms with Gasteiger partial charge in [0.1, 0.15) is 0 Å². The van der Waals surface area contributed by atoms with Crippen molar-refractivity contribution in [3.8, 4) is 17.2 Å². The van der Waals surface area contributed by atoms with Gasteiger partial charge in [0.2, 0.25) is 5.75 Å². The zero-order chi connectivity index (χ0) is 22.9. The Morgan fingerprint density at radius 3 is 1.97 bits per heavy atom. The van der Waals surface area contributed by atoms with Gasteiger partial charge >= 0.3 is 5.97 Å². The quantitative estimate of drug-likeness (QED) is 0.399. The number of anilines is 1. The molecule has 0 atom stereocenters. The monoisotopic (exact) mass is 435 g/mol. The van der Waals surface area contributed by atoms with Gasteiger partial charge in [-0.2, -0.15) is 0 Å². The van der Waals surface area contributed by atoms with Crippen molar-refractivity contribution >= 4 is 23.3 Å². The van der Waals surface area contributed by atoms with Gasteiger partial charge in [0.15, 0.2) is 11.5 Å². The summed E-state index contributed by atoms with van der Waals surface area (Å²) in [6, 6.07) is 18.1. The third kappa shape index (κ3) is 5.39. The molecule has 0 bridgehead atoms. The van der Waals surface area contributed by atoms with E-state index in [4.69, 9.17) is 19.0 Å². The molecule has 1 N–H and O–H groups in total. The molecule has 0 unspecified atom stereocenters. The van der Waals surface area contributed by atoms with Gasteiger partial charge < -0.3 is 19.0 Å². The van der Waals surface area contributed by atoms with Crippen LogP contribution < -0.4 is 19.7 Å². The van der Waals surface area contributed by atoms with Gasteiger partial charge in [-0.15, -0.1) is 10.2 Å². The minimum atomic E-state index is -0.651. The number of carbonyl (C=O) groups is 2. The summed E-state index contributed by atoms with van der Waals surface area (Å²) in [6.45, 7) is 0. The molecule has 0 saturated heterocycles. The standard InChI is InChI=1S/C23H21N3O6/c1-29-19-13-16(14-20(30-2)21(19)31-3)23(28)32-26-18-11-9-17(10-12-18)24-25-22(27)15-7-5-4-6-8-15/h4-14,26H,1-3H3. The van der Waals surface area contributed by atoms with Crippen LogP contribution in [-0.4, -0.2) is 33.2 Å². The van der Waals surface area contributed by atoms with Crippen LogP contribution in [0.2, 0.25) is 0 Å². The van der Waals surface area contributed by atoms with Crippen molar-refractivity contribution in [3.05, 3.63) is 77.9 Å². The van der Waals surface area contributed by atoms with Gasteiger partial charge in [-0.25, -0.2) is 10.3 Å². The van der Waals surface area contributed by atoms with Crippen LogP contribution in [0.4, 0.5) is 11.4 Å². The van der Waals surface area contributed by atoms with E-state index in [1.165, 1.54) is 33.5 Å². The van der Waals surface area contributed by atoms with Crippen LogP contribution in [-0.2, 0) is 4.84 Å². The second-order valence-electron chi connectivity index (χ2n) is 6.32. The second-order valence-corrected chi connectivity index (χ2v) is 6.32. The molecule has 0 aliphatic rings. The molecule has 3 rings (SSSR count). The maximum atomic E-state index is 12.4. The lowest BCUT2D eigenvalue weighted by molar-refractivity contribution is 0.0595. The fraction of sp³-hybridized carbons (Fsp3) is 0.130. The van der Waals surface area contributed by atoms with Crippen LogP contribution in [0.25, 0.3) is 0 Å². The van der Waals surface area contributed by atoms with Crippen LogP contribution in [0.3, 0.4) is 0 Å². The van der Waals surface area contributed by atoms with Crippen molar-refractivity contribution < 1.29 is 28.6 Å². The molecule has 0 fully saturated rings. The van der Waals surface area contributed by atoms with Crippen molar-refractivity contribution in [2.24, 2.45) is 10.2 Å². The summed E-state index contributed by atoms with van der Waals surface area (Å²) in [7, 11) is 4.38. The lowest BCUT2D eigenvalue weighted by atomic mass is 10.2. The van der Waals surface area contributed by atoms with E-state index < -0.39 is 11.9 Å². The van der Waals surface area contributed by atoms with E-state index in [-0.39, 0.29) is 5.56 Å². The highest BCUT2D eigenvalue weighted by atomic mass is 16.7. The highest BCUT2D eigenvalue weighted by Gasteiger charge is 2.18. The molecule has 32 heavy (non-hydrogen) atoms. The number of ether oxygens (including phenoxy) is 3. The number of carbonyl (C=O) groups excluding carboxylic acids is 2. The Balaban J connectivity index is 1.62. The molecule has 0 aliphatic carbocycles. The molecule has 0 heterocycles. The predicted molar refractivity (Wildman–Crippen MR) is 117 cm³/mol. The Bertz CT molecular complexity index is 1090. The summed E-state index contributed by atoms with van der Waals surface area (Å²) in [5.41, 5.74) is 4.19. The summed E-state index contributed by atoms with van der Waals surface area (Å²) in [5.74, 6) is -0.0549. The van der Waals surface area contributed by atoms with Crippen molar-refractivity contribution in [3.63, 3.8) is 0 Å². The predicted octanol–water partition coefficient (Wildman–Crippen LogP) is 4.82. The lowest BCUT2D eigenvalue weighted by Crippen LogP contribution is -2.11. The molecule has 3 aromatic carbocycles. The lowest BCUT2D eigenvalue weighted by Gasteiger charge is -2.14. The number of benzene rings is 3. The molecule has 9 heteroatoms. The van der Waals surface area contributed by atoms with Crippen molar-refractivity contribution in [1.29, 1.82) is 0 Å². The van der Waals surface area contributed by atoms with Crippen LogP contribution in [0.1, 0.15) is 20.7 Å². The number of hydrogen-bond donors (Lipinski definition) is 1. The number of methoxy groups -OCH3 is 3. The normalized spacial score (nSPS) is 10.5. The summed E-state index contributed by atoms with van der Waals surface area (Å²) in [4.78, 5) is 29.5. The molecular formula is C23H21N3O6. The maximum absolute atomic E-state index is 12.4. The first kappa shape index (κ1) is 22.3. The molecule has 0 radical (unpaired) electrons. The van der Waals surface area contributed by atoms with Gasteiger partial charge in [-0.05, 0) is 48.5 Å². The first-order chi connectivity index (χ1) is 15.5. The van der Waals surface area contributed by atoms with Crippen molar-refractivity contribution in [2.45, 2.75) is 0 Å². The number of nitrogens with zero attached hydrogens (tertiary/aromatic N) is 2. The van der Waals surface area contributed by atoms with Gasteiger partial charge in [-0.1, -0.05) is 18.2 Å². The van der Waals surface area contributed by atoms with Crippen molar-refractivity contribution in [1.82, 2.24) is 0 Å². The smallest absolute Gasteiger partial charge is 0.363 e. The van der Waals surface area contributed by atoms with Gasteiger partial charge in [0.05, 0.1) is 38.3 Å². The van der Waals surface area contributed by atoms with Crippen LogP contribution in [0.15, 0.2) is 77.0 Å². The van der Waals surface area contributed by atoms with E-state index in [2.05, 4.69) is 15.7 Å². The minimum absolute atomic E-state index is 0.205. The number of rotatable bonds is 8. The first-order valence-corrected chi connectivity index (χ1v) is 9.44. The Labute approximate surface area is 184 Å². The summed E-state index contributed by atoms with van der Waals surface area (Å²) < 4.78 is 15.7. The third-order valence-corrected chi connectivity index (χ3v) is 4.31. The largest absolute Gasteiger partial charge is 0.493 e. The first-order valence-electron chi connectivity index (χ1n) is 9.44. The number of hydrogen-bond acceptors (Lipinski definition) is 8. The third-order valence-electron chi connectivity index (χ3n) is 4.31. The van der Waals surface area contributed by atoms with E-state index in [9.17, 15) is 9.59 Å². The highest BCUT2D eigenvalue weighted by molar-refractivity contribution is 5.94. The van der Waals surface area contributed by atoms with Crippen molar-refractivity contribution in [2.75, 3.05) is 26.8 Å². The topological polar surface area (TPSA) is 108 Å². The van der Waals surface area contributed by atoms with Crippen LogP contribution in [0, 0.1) is 0 Å². The van der Waals surface area contributed by atoms with Crippen LogP contribution >= 0.6 is 0 Å². The van der Waals surface area contributed by atoms with E-state index in [0.717, 1.165) is 0 Å². The molecule has 0 spiro atoms. The van der Waals surface area contributed by atoms with E-state index in [0.29, 0.717) is 34.2 Å². The Morgan fingerprint density at radius 1 is 0.781 bits per heavy atom. The Kier molecular flexibility index (Phi) is 7.37. The molecule has 164 valence electrons. The Morgan fingerprint density at radius 2 is 1.41 bits per heavy atom. The fourth-order valence-corrected chi connectivity index (χ4v) is 2.70. The molecule has 1 amide bonds. The molecule has 0 aliphatic heterocycles. The second kappa shape index (κ2) is 10.6. The van der Waals surface area contributed by atoms with Gasteiger partial charge in [0.25, 0.3) is 5.91 Å². The average Bonchev–Trinajstić information content (AvgIpc) is 2.85. The number of azo groups is 1. The van der Waals surface area contributed by atoms with E-state index in [1.807, 2.05) is 6.07 Å². The molecule has 9 nitrogen and oxygen atoms in total.